The lowest BCUT2D eigenvalue weighted by atomic mass is 10.2. The van der Waals surface area contributed by atoms with Gasteiger partial charge in [0.05, 0.1) is 0 Å². The number of carbonyl (C=O) groups excluding carboxylic acids is 1. The molecule has 0 rings (SSSR count). The Kier molecular flexibility index (Phi) is 4.83. The third kappa shape index (κ3) is 5.52. The second kappa shape index (κ2) is 5.11. The smallest absolute Gasteiger partial charge is 0.319 e. The van der Waals surface area contributed by atoms with Crippen LogP contribution >= 0.6 is 11.8 Å². The molecule has 0 radical (unpaired) electrons. The first-order chi connectivity index (χ1) is 5.86. The van der Waals surface area contributed by atoms with Crippen LogP contribution in [0.3, 0.4) is 0 Å². The maximum absolute atomic E-state index is 10.6. The van der Waals surface area contributed by atoms with E-state index < -0.39 is 10.7 Å². The third-order valence-corrected chi connectivity index (χ3v) is 2.76. The highest BCUT2D eigenvalue weighted by Crippen LogP contribution is 2.23. The summed E-state index contributed by atoms with van der Waals surface area (Å²) in [5.41, 5.74) is 0. The van der Waals surface area contributed by atoms with Crippen molar-refractivity contribution in [3.05, 3.63) is 0 Å². The molecule has 0 aromatic heterocycles. The summed E-state index contributed by atoms with van der Waals surface area (Å²) >= 11 is 1.31. The zero-order valence-corrected chi connectivity index (χ0v) is 8.90. The van der Waals surface area contributed by atoms with Gasteiger partial charge < -0.3 is 10.4 Å². The molecular formula is C8H15NO3S. The zero-order valence-electron chi connectivity index (χ0n) is 8.09. The third-order valence-electron chi connectivity index (χ3n) is 1.45. The molecule has 13 heavy (non-hydrogen) atoms. The topological polar surface area (TPSA) is 66.4 Å². The highest BCUT2D eigenvalue weighted by atomic mass is 32.2. The summed E-state index contributed by atoms with van der Waals surface area (Å²) in [4.78, 5) is 21.1. The normalized spacial score (nSPS) is 11.0. The summed E-state index contributed by atoms with van der Waals surface area (Å²) in [6.07, 6.45) is 0. The Bertz CT molecular complexity index is 204. The van der Waals surface area contributed by atoms with Gasteiger partial charge in [-0.15, -0.1) is 11.8 Å². The first-order valence-corrected chi connectivity index (χ1v) is 4.96. The van der Waals surface area contributed by atoms with Crippen LogP contribution in [0.1, 0.15) is 20.8 Å². The van der Waals surface area contributed by atoms with Crippen LogP contribution in [0, 0.1) is 0 Å². The lowest BCUT2D eigenvalue weighted by Crippen LogP contribution is -2.30. The fraction of sp³-hybridized carbons (Fsp3) is 0.750. The molecule has 5 heteroatoms. The highest BCUT2D eigenvalue weighted by Gasteiger charge is 2.26. The van der Waals surface area contributed by atoms with Gasteiger partial charge in [-0.2, -0.15) is 0 Å². The number of carboxylic acids is 1. The van der Waals surface area contributed by atoms with Crippen molar-refractivity contribution in [2.75, 3.05) is 12.3 Å². The molecule has 0 unspecified atom stereocenters. The van der Waals surface area contributed by atoms with Crippen LogP contribution in [0.4, 0.5) is 0 Å². The first kappa shape index (κ1) is 12.3. The van der Waals surface area contributed by atoms with Crippen molar-refractivity contribution in [1.82, 2.24) is 5.32 Å². The molecule has 2 N–H and O–H groups in total. The molecule has 0 saturated heterocycles. The second-order valence-corrected chi connectivity index (χ2v) is 4.86. The summed E-state index contributed by atoms with van der Waals surface area (Å²) in [7, 11) is 0. The Morgan fingerprint density at radius 2 is 2.00 bits per heavy atom. The van der Waals surface area contributed by atoms with E-state index in [1.54, 1.807) is 13.8 Å². The van der Waals surface area contributed by atoms with Crippen molar-refractivity contribution in [1.29, 1.82) is 0 Å². The molecule has 0 aliphatic carbocycles. The van der Waals surface area contributed by atoms with Gasteiger partial charge in [0.2, 0.25) is 5.91 Å². The Morgan fingerprint density at radius 1 is 1.46 bits per heavy atom. The first-order valence-electron chi connectivity index (χ1n) is 3.98. The summed E-state index contributed by atoms with van der Waals surface area (Å²) in [5, 5.41) is 11.3. The minimum absolute atomic E-state index is 0.0891. The van der Waals surface area contributed by atoms with Crippen molar-refractivity contribution in [2.45, 2.75) is 25.5 Å². The SMILES string of the molecule is CC(=O)NCCSC(C)(C)C(=O)O. The Balaban J connectivity index is 3.64. The van der Waals surface area contributed by atoms with Crippen molar-refractivity contribution in [3.63, 3.8) is 0 Å². The van der Waals surface area contributed by atoms with Gasteiger partial charge in [0, 0.05) is 19.2 Å². The largest absolute Gasteiger partial charge is 0.480 e. The van der Waals surface area contributed by atoms with Gasteiger partial charge in [-0.05, 0) is 13.8 Å². The predicted octanol–water partition coefficient (Wildman–Crippen LogP) is 0.719. The summed E-state index contributed by atoms with van der Waals surface area (Å²) in [5.74, 6) is -0.312. The molecule has 0 aliphatic heterocycles. The number of hydrogen-bond donors (Lipinski definition) is 2. The van der Waals surface area contributed by atoms with Crippen LogP contribution in [0.2, 0.25) is 0 Å². The van der Waals surface area contributed by atoms with Gasteiger partial charge in [-0.3, -0.25) is 9.59 Å². The number of aliphatic carboxylic acids is 1. The lowest BCUT2D eigenvalue weighted by Gasteiger charge is -2.17. The quantitative estimate of drug-likeness (QED) is 0.649. The molecule has 76 valence electrons. The monoisotopic (exact) mass is 205 g/mol. The number of carbonyl (C=O) groups is 2. The molecule has 0 spiro atoms. The van der Waals surface area contributed by atoms with Gasteiger partial charge in [0.15, 0.2) is 0 Å². The second-order valence-electron chi connectivity index (χ2n) is 3.15. The molecule has 0 aliphatic rings. The fourth-order valence-corrected chi connectivity index (χ4v) is 1.43. The standard InChI is InChI=1S/C8H15NO3S/c1-6(10)9-4-5-13-8(2,3)7(11)12/h4-5H2,1-3H3,(H,9,10)(H,11,12). The Labute approximate surface area is 82.1 Å². The van der Waals surface area contributed by atoms with E-state index in [1.807, 2.05) is 0 Å². The summed E-state index contributed by atoms with van der Waals surface area (Å²) < 4.78 is -0.779. The zero-order chi connectivity index (χ0) is 10.5. The van der Waals surface area contributed by atoms with E-state index in [1.165, 1.54) is 18.7 Å². The van der Waals surface area contributed by atoms with E-state index in [9.17, 15) is 9.59 Å². The van der Waals surface area contributed by atoms with Crippen LogP contribution in [0.5, 0.6) is 0 Å². The van der Waals surface area contributed by atoms with Crippen LogP contribution in [0.15, 0.2) is 0 Å². The maximum atomic E-state index is 10.6. The Morgan fingerprint density at radius 3 is 2.38 bits per heavy atom. The van der Waals surface area contributed by atoms with E-state index in [4.69, 9.17) is 5.11 Å². The molecule has 0 aromatic rings. The van der Waals surface area contributed by atoms with Crippen molar-refractivity contribution in [2.24, 2.45) is 0 Å². The van der Waals surface area contributed by atoms with E-state index in [0.29, 0.717) is 12.3 Å². The van der Waals surface area contributed by atoms with Crippen LogP contribution < -0.4 is 5.32 Å². The molecule has 0 atom stereocenters. The molecule has 0 fully saturated rings. The van der Waals surface area contributed by atoms with Gasteiger partial charge in [-0.25, -0.2) is 0 Å². The lowest BCUT2D eigenvalue weighted by molar-refractivity contribution is -0.138. The summed E-state index contributed by atoms with van der Waals surface area (Å²) in [6.45, 7) is 5.24. The number of amides is 1. The van der Waals surface area contributed by atoms with Crippen LogP contribution in [-0.4, -0.2) is 34.0 Å². The molecular weight excluding hydrogens is 190 g/mol. The minimum Gasteiger partial charge on any atom is -0.480 e. The Hall–Kier alpha value is -0.710. The summed E-state index contributed by atoms with van der Waals surface area (Å²) in [6, 6.07) is 0. The molecule has 1 amide bonds. The van der Waals surface area contributed by atoms with Gasteiger partial charge in [0.25, 0.3) is 0 Å². The van der Waals surface area contributed by atoms with E-state index >= 15 is 0 Å². The number of thioether (sulfide) groups is 1. The van der Waals surface area contributed by atoms with E-state index in [0.717, 1.165) is 0 Å². The molecule has 0 saturated carbocycles. The van der Waals surface area contributed by atoms with Crippen molar-refractivity contribution < 1.29 is 14.7 Å². The average molecular weight is 205 g/mol. The van der Waals surface area contributed by atoms with Gasteiger partial charge >= 0.3 is 5.97 Å². The highest BCUT2D eigenvalue weighted by molar-refractivity contribution is 8.01. The molecule has 0 heterocycles. The number of hydrogen-bond acceptors (Lipinski definition) is 3. The molecule has 0 bridgehead atoms. The number of carboxylic acid groups (broad SMARTS) is 1. The van der Waals surface area contributed by atoms with Crippen LogP contribution in [0.25, 0.3) is 0 Å². The molecule has 4 nitrogen and oxygen atoms in total. The molecule has 0 aromatic carbocycles. The van der Waals surface area contributed by atoms with Crippen molar-refractivity contribution in [3.8, 4) is 0 Å². The van der Waals surface area contributed by atoms with Gasteiger partial charge in [0.1, 0.15) is 4.75 Å². The average Bonchev–Trinajstić information content (AvgIpc) is 1.97. The van der Waals surface area contributed by atoms with Crippen LogP contribution in [-0.2, 0) is 9.59 Å². The fourth-order valence-electron chi connectivity index (χ4n) is 0.595. The van der Waals surface area contributed by atoms with Gasteiger partial charge in [-0.1, -0.05) is 0 Å². The number of nitrogens with one attached hydrogen (secondary N) is 1. The van der Waals surface area contributed by atoms with E-state index in [-0.39, 0.29) is 5.91 Å². The minimum atomic E-state index is -0.833. The van der Waals surface area contributed by atoms with Crippen molar-refractivity contribution >= 4 is 23.6 Å². The maximum Gasteiger partial charge on any atom is 0.319 e. The predicted molar refractivity (Wildman–Crippen MR) is 52.9 cm³/mol. The number of rotatable bonds is 5. The van der Waals surface area contributed by atoms with E-state index in [2.05, 4.69) is 5.32 Å².